The van der Waals surface area contributed by atoms with Gasteiger partial charge in [-0.15, -0.1) is 0 Å². The van der Waals surface area contributed by atoms with Crippen LogP contribution in [0.2, 0.25) is 0 Å². The lowest BCUT2D eigenvalue weighted by molar-refractivity contribution is -0.137. The van der Waals surface area contributed by atoms with E-state index in [1.54, 1.807) is 0 Å². The third kappa shape index (κ3) is 2.46. The largest absolute Gasteiger partial charge is 0.420 e. The monoisotopic (exact) mass is 267 g/mol. The molecule has 0 saturated carbocycles. The summed E-state index contributed by atoms with van der Waals surface area (Å²) in [4.78, 5) is 4.47. The summed E-state index contributed by atoms with van der Waals surface area (Å²) in [6.45, 7) is -0.917. The number of hydrogen-bond donors (Lipinski definition) is 1. The predicted octanol–water partition coefficient (Wildman–Crippen LogP) is 2.53. The van der Waals surface area contributed by atoms with Gasteiger partial charge in [-0.1, -0.05) is 0 Å². The molecule has 0 atom stereocenters. The van der Waals surface area contributed by atoms with E-state index in [1.165, 1.54) is 0 Å². The van der Waals surface area contributed by atoms with Crippen LogP contribution in [0.4, 0.5) is 33.5 Å². The van der Waals surface area contributed by atoms with Gasteiger partial charge >= 0.3 is 6.18 Å². The van der Waals surface area contributed by atoms with Gasteiger partial charge in [0.15, 0.2) is 0 Å². The molecule has 1 aromatic heterocycles. The molecule has 1 fully saturated rings. The fourth-order valence-electron chi connectivity index (χ4n) is 1.85. The third-order valence-corrected chi connectivity index (χ3v) is 2.66. The molecule has 2 heterocycles. The summed E-state index contributed by atoms with van der Waals surface area (Å²) in [6, 6.07) is 0.707. The van der Waals surface area contributed by atoms with E-state index in [0.717, 1.165) is 11.1 Å². The molecule has 100 valence electrons. The van der Waals surface area contributed by atoms with Gasteiger partial charge in [-0.05, 0) is 6.07 Å². The standard InChI is InChI=1S/C10H10F5N3/c11-9(12)1-2-18(5-9)8-7(10(13,14)15)3-6(16)4-17-8/h3-4H,1-2,5,16H2. The summed E-state index contributed by atoms with van der Waals surface area (Å²) in [5.74, 6) is -3.47. The van der Waals surface area contributed by atoms with Crippen molar-refractivity contribution in [1.29, 1.82) is 0 Å². The second kappa shape index (κ2) is 3.96. The maximum absolute atomic E-state index is 13.0. The highest BCUT2D eigenvalue weighted by Gasteiger charge is 2.43. The normalized spacial score (nSPS) is 19.3. The Morgan fingerprint density at radius 3 is 2.50 bits per heavy atom. The van der Waals surface area contributed by atoms with Crippen LogP contribution < -0.4 is 10.6 Å². The highest BCUT2D eigenvalue weighted by Crippen LogP contribution is 2.39. The molecule has 0 aromatic carbocycles. The molecule has 0 unspecified atom stereocenters. The number of pyridine rings is 1. The van der Waals surface area contributed by atoms with Gasteiger partial charge in [0.2, 0.25) is 0 Å². The van der Waals surface area contributed by atoms with E-state index >= 15 is 0 Å². The van der Waals surface area contributed by atoms with E-state index in [2.05, 4.69) is 4.98 Å². The zero-order chi connectivity index (χ0) is 13.6. The Kier molecular flexibility index (Phi) is 2.83. The van der Waals surface area contributed by atoms with Crippen molar-refractivity contribution in [3.05, 3.63) is 17.8 Å². The Hall–Kier alpha value is -1.60. The van der Waals surface area contributed by atoms with Crippen LogP contribution in [0.5, 0.6) is 0 Å². The maximum atomic E-state index is 13.0. The molecule has 2 N–H and O–H groups in total. The molecule has 0 amide bonds. The lowest BCUT2D eigenvalue weighted by Gasteiger charge is -2.21. The Morgan fingerprint density at radius 1 is 1.33 bits per heavy atom. The van der Waals surface area contributed by atoms with Crippen molar-refractivity contribution >= 4 is 11.5 Å². The number of rotatable bonds is 1. The molecule has 1 aliphatic heterocycles. The molecule has 2 rings (SSSR count). The number of anilines is 2. The minimum absolute atomic E-state index is 0.156. The Bertz CT molecular complexity index is 457. The van der Waals surface area contributed by atoms with Crippen LogP contribution in [-0.2, 0) is 6.18 Å². The lowest BCUT2D eigenvalue weighted by Crippen LogP contribution is -2.28. The molecule has 0 spiro atoms. The Balaban J connectivity index is 2.40. The quantitative estimate of drug-likeness (QED) is 0.795. The average Bonchev–Trinajstić information content (AvgIpc) is 2.57. The van der Waals surface area contributed by atoms with Gasteiger partial charge in [0.25, 0.3) is 5.92 Å². The van der Waals surface area contributed by atoms with Crippen molar-refractivity contribution in [2.45, 2.75) is 18.5 Å². The minimum atomic E-state index is -4.67. The number of hydrogen-bond acceptors (Lipinski definition) is 3. The van der Waals surface area contributed by atoms with Gasteiger partial charge in [-0.2, -0.15) is 13.2 Å². The maximum Gasteiger partial charge on any atom is 0.420 e. The van der Waals surface area contributed by atoms with E-state index in [-0.39, 0.29) is 12.2 Å². The van der Waals surface area contributed by atoms with Crippen LogP contribution in [0.25, 0.3) is 0 Å². The molecule has 0 bridgehead atoms. The molecule has 3 nitrogen and oxygen atoms in total. The van der Waals surface area contributed by atoms with Gasteiger partial charge in [0, 0.05) is 13.0 Å². The van der Waals surface area contributed by atoms with Crippen molar-refractivity contribution < 1.29 is 22.0 Å². The minimum Gasteiger partial charge on any atom is -0.397 e. The zero-order valence-corrected chi connectivity index (χ0v) is 9.14. The first-order valence-electron chi connectivity index (χ1n) is 5.14. The van der Waals surface area contributed by atoms with Gasteiger partial charge < -0.3 is 10.6 Å². The second-order valence-electron chi connectivity index (χ2n) is 4.17. The van der Waals surface area contributed by atoms with Crippen molar-refractivity contribution in [2.24, 2.45) is 0 Å². The Morgan fingerprint density at radius 2 is 2.00 bits per heavy atom. The average molecular weight is 267 g/mol. The number of aromatic nitrogens is 1. The van der Waals surface area contributed by atoms with E-state index in [0.29, 0.717) is 6.07 Å². The summed E-state index contributed by atoms with van der Waals surface area (Å²) >= 11 is 0. The van der Waals surface area contributed by atoms with Crippen molar-refractivity contribution in [1.82, 2.24) is 4.98 Å². The summed E-state index contributed by atoms with van der Waals surface area (Å²) in [5, 5.41) is 0. The molecule has 1 aliphatic rings. The van der Waals surface area contributed by atoms with Crippen LogP contribution in [0.15, 0.2) is 12.3 Å². The molecule has 0 aliphatic carbocycles. The van der Waals surface area contributed by atoms with Crippen LogP contribution >= 0.6 is 0 Å². The first-order chi connectivity index (χ1) is 8.19. The third-order valence-electron chi connectivity index (χ3n) is 2.66. The second-order valence-corrected chi connectivity index (χ2v) is 4.17. The zero-order valence-electron chi connectivity index (χ0n) is 9.14. The van der Waals surface area contributed by atoms with E-state index in [9.17, 15) is 22.0 Å². The topological polar surface area (TPSA) is 42.1 Å². The van der Waals surface area contributed by atoms with Gasteiger partial charge in [0.1, 0.15) is 11.4 Å². The number of nitrogen functional groups attached to an aromatic ring is 1. The number of nitrogens with two attached hydrogens (primary N) is 1. The van der Waals surface area contributed by atoms with E-state index in [1.807, 2.05) is 0 Å². The van der Waals surface area contributed by atoms with Crippen LogP contribution in [0.1, 0.15) is 12.0 Å². The number of nitrogens with zero attached hydrogens (tertiary/aromatic N) is 2. The molecule has 1 saturated heterocycles. The van der Waals surface area contributed by atoms with Crippen molar-refractivity contribution in [2.75, 3.05) is 23.7 Å². The van der Waals surface area contributed by atoms with Crippen LogP contribution in [0.3, 0.4) is 0 Å². The molecule has 18 heavy (non-hydrogen) atoms. The summed E-state index contributed by atoms with van der Waals surface area (Å²) in [6.07, 6.45) is -4.12. The summed E-state index contributed by atoms with van der Waals surface area (Å²) < 4.78 is 64.3. The fourth-order valence-corrected chi connectivity index (χ4v) is 1.85. The highest BCUT2D eigenvalue weighted by molar-refractivity contribution is 5.55. The fraction of sp³-hybridized carbons (Fsp3) is 0.500. The molecular weight excluding hydrogens is 257 g/mol. The van der Waals surface area contributed by atoms with Gasteiger partial charge in [-0.3, -0.25) is 0 Å². The number of alkyl halides is 5. The summed E-state index contributed by atoms with van der Waals surface area (Å²) in [5.41, 5.74) is 4.01. The predicted molar refractivity (Wildman–Crippen MR) is 55.4 cm³/mol. The highest BCUT2D eigenvalue weighted by atomic mass is 19.4. The number of halogens is 5. The van der Waals surface area contributed by atoms with E-state index < -0.39 is 36.4 Å². The van der Waals surface area contributed by atoms with Crippen molar-refractivity contribution in [3.63, 3.8) is 0 Å². The van der Waals surface area contributed by atoms with Gasteiger partial charge in [-0.25, -0.2) is 13.8 Å². The van der Waals surface area contributed by atoms with Crippen molar-refractivity contribution in [3.8, 4) is 0 Å². The molecular formula is C10H10F5N3. The first-order valence-corrected chi connectivity index (χ1v) is 5.14. The molecule has 1 aromatic rings. The smallest absolute Gasteiger partial charge is 0.397 e. The van der Waals surface area contributed by atoms with Gasteiger partial charge in [0.05, 0.1) is 18.4 Å². The lowest BCUT2D eigenvalue weighted by atomic mass is 10.2. The van der Waals surface area contributed by atoms with Crippen LogP contribution in [-0.4, -0.2) is 24.0 Å². The van der Waals surface area contributed by atoms with E-state index in [4.69, 9.17) is 5.73 Å². The molecule has 0 radical (unpaired) electrons. The molecule has 8 heteroatoms. The SMILES string of the molecule is Nc1cnc(N2CCC(F)(F)C2)c(C(F)(F)F)c1. The first kappa shape index (κ1) is 12.8. The Labute approximate surface area is 99.4 Å². The summed E-state index contributed by atoms with van der Waals surface area (Å²) in [7, 11) is 0. The van der Waals surface area contributed by atoms with Crippen LogP contribution in [0, 0.1) is 0 Å².